The molecule has 2 rings (SSSR count). The molecule has 0 radical (unpaired) electrons. The van der Waals surface area contributed by atoms with Crippen molar-refractivity contribution in [3.8, 4) is 0 Å². The van der Waals surface area contributed by atoms with Crippen LogP contribution in [0.1, 0.15) is 5.56 Å². The Bertz CT molecular complexity index is 368. The van der Waals surface area contributed by atoms with E-state index in [0.717, 1.165) is 5.56 Å². The minimum Gasteiger partial charge on any atom is -0.371 e. The van der Waals surface area contributed by atoms with Gasteiger partial charge in [0.2, 0.25) is 5.91 Å². The predicted octanol–water partition coefficient (Wildman–Crippen LogP) is 0.430. The normalized spacial score (nSPS) is 23.8. The van der Waals surface area contributed by atoms with E-state index in [9.17, 15) is 4.79 Å². The third kappa shape index (κ3) is 3.52. The molecule has 92 valence electrons. The van der Waals surface area contributed by atoms with Crippen molar-refractivity contribution in [2.45, 2.75) is 19.0 Å². The van der Waals surface area contributed by atoms with Gasteiger partial charge in [-0.2, -0.15) is 0 Å². The summed E-state index contributed by atoms with van der Waals surface area (Å²) in [5, 5.41) is 0. The highest BCUT2D eigenvalue weighted by Gasteiger charge is 2.29. The maximum atomic E-state index is 10.8. The van der Waals surface area contributed by atoms with Crippen LogP contribution in [0.25, 0.3) is 0 Å². The Morgan fingerprint density at radius 3 is 2.82 bits per heavy atom. The van der Waals surface area contributed by atoms with Gasteiger partial charge in [-0.1, -0.05) is 30.3 Å². The Morgan fingerprint density at radius 1 is 1.41 bits per heavy atom. The lowest BCUT2D eigenvalue weighted by molar-refractivity contribution is -0.136. The number of hydrogen-bond acceptors (Lipinski definition) is 4. The van der Waals surface area contributed by atoms with Crippen LogP contribution in [-0.2, 0) is 25.6 Å². The molecular weight excluding hydrogens is 222 g/mol. The minimum atomic E-state index is -0.652. The number of hydrogen-bond donors (Lipinski definition) is 1. The van der Waals surface area contributed by atoms with Gasteiger partial charge < -0.3 is 19.9 Å². The number of primary amides is 1. The fourth-order valence-corrected chi connectivity index (χ4v) is 1.54. The maximum absolute atomic E-state index is 10.8. The topological polar surface area (TPSA) is 70.8 Å². The zero-order valence-electron chi connectivity index (χ0n) is 9.37. The van der Waals surface area contributed by atoms with Crippen molar-refractivity contribution >= 4 is 5.91 Å². The molecule has 0 spiro atoms. The second kappa shape index (κ2) is 5.77. The molecule has 1 aromatic carbocycles. The average molecular weight is 237 g/mol. The van der Waals surface area contributed by atoms with Gasteiger partial charge in [-0.25, -0.2) is 0 Å². The van der Waals surface area contributed by atoms with E-state index in [4.69, 9.17) is 19.9 Å². The molecule has 0 aliphatic carbocycles. The standard InChI is InChI=1S/C12H15NO4/c13-12(14)10-7-16-11(17-10)8-15-6-9-4-2-1-3-5-9/h1-5,10-11H,6-8H2,(H2,13,14). The Hall–Kier alpha value is -1.43. The Morgan fingerprint density at radius 2 is 2.18 bits per heavy atom. The second-order valence-corrected chi connectivity index (χ2v) is 3.79. The van der Waals surface area contributed by atoms with Crippen LogP contribution in [-0.4, -0.2) is 31.5 Å². The summed E-state index contributed by atoms with van der Waals surface area (Å²) >= 11 is 0. The van der Waals surface area contributed by atoms with E-state index in [1.54, 1.807) is 0 Å². The molecule has 1 fully saturated rings. The number of nitrogens with two attached hydrogens (primary N) is 1. The summed E-state index contributed by atoms with van der Waals surface area (Å²) in [4.78, 5) is 10.8. The van der Waals surface area contributed by atoms with Gasteiger partial charge in [-0.05, 0) is 5.56 Å². The van der Waals surface area contributed by atoms with Crippen LogP contribution in [0.2, 0.25) is 0 Å². The average Bonchev–Trinajstić information content (AvgIpc) is 2.79. The summed E-state index contributed by atoms with van der Waals surface area (Å²) in [5.74, 6) is -0.504. The van der Waals surface area contributed by atoms with Crippen molar-refractivity contribution < 1.29 is 19.0 Å². The van der Waals surface area contributed by atoms with Crippen LogP contribution < -0.4 is 5.73 Å². The molecule has 5 nitrogen and oxygen atoms in total. The zero-order valence-corrected chi connectivity index (χ0v) is 9.37. The first-order valence-corrected chi connectivity index (χ1v) is 5.44. The van der Waals surface area contributed by atoms with Crippen molar-refractivity contribution in [3.05, 3.63) is 35.9 Å². The molecule has 2 unspecified atom stereocenters. The van der Waals surface area contributed by atoms with E-state index in [1.807, 2.05) is 30.3 Å². The summed E-state index contributed by atoms with van der Waals surface area (Å²) < 4.78 is 15.9. The fourth-order valence-electron chi connectivity index (χ4n) is 1.54. The van der Waals surface area contributed by atoms with Gasteiger partial charge in [0.1, 0.15) is 0 Å². The Balaban J connectivity index is 1.68. The molecule has 1 amide bonds. The van der Waals surface area contributed by atoms with Crippen LogP contribution in [0.3, 0.4) is 0 Å². The number of rotatable bonds is 5. The van der Waals surface area contributed by atoms with Gasteiger partial charge in [-0.15, -0.1) is 0 Å². The quantitative estimate of drug-likeness (QED) is 0.806. The third-order valence-electron chi connectivity index (χ3n) is 2.43. The van der Waals surface area contributed by atoms with Crippen molar-refractivity contribution in [1.29, 1.82) is 0 Å². The first-order valence-electron chi connectivity index (χ1n) is 5.44. The largest absolute Gasteiger partial charge is 0.371 e. The highest BCUT2D eigenvalue weighted by Crippen LogP contribution is 2.12. The van der Waals surface area contributed by atoms with Crippen LogP contribution in [0.15, 0.2) is 30.3 Å². The zero-order chi connectivity index (χ0) is 12.1. The van der Waals surface area contributed by atoms with Crippen LogP contribution in [0.4, 0.5) is 0 Å². The summed E-state index contributed by atoms with van der Waals surface area (Å²) in [6, 6.07) is 9.80. The number of ether oxygens (including phenoxy) is 3. The molecule has 17 heavy (non-hydrogen) atoms. The maximum Gasteiger partial charge on any atom is 0.249 e. The lowest BCUT2D eigenvalue weighted by atomic mass is 10.2. The van der Waals surface area contributed by atoms with Gasteiger partial charge in [0.15, 0.2) is 12.4 Å². The molecule has 0 aromatic heterocycles. The number of carbonyl (C=O) groups is 1. The number of carbonyl (C=O) groups excluding carboxylic acids is 1. The van der Waals surface area contributed by atoms with Crippen LogP contribution >= 0.6 is 0 Å². The second-order valence-electron chi connectivity index (χ2n) is 3.79. The summed E-state index contributed by atoms with van der Waals surface area (Å²) in [6.07, 6.45) is -1.16. The highest BCUT2D eigenvalue weighted by molar-refractivity contribution is 5.79. The lowest BCUT2D eigenvalue weighted by Gasteiger charge is -2.10. The molecule has 0 saturated carbocycles. The third-order valence-corrected chi connectivity index (χ3v) is 2.43. The number of amides is 1. The Kier molecular flexibility index (Phi) is 4.08. The highest BCUT2D eigenvalue weighted by atomic mass is 16.7. The monoisotopic (exact) mass is 237 g/mol. The molecule has 0 bridgehead atoms. The van der Waals surface area contributed by atoms with E-state index >= 15 is 0 Å². The first-order chi connectivity index (χ1) is 8.25. The SMILES string of the molecule is NC(=O)C1COC(COCc2ccccc2)O1. The smallest absolute Gasteiger partial charge is 0.249 e. The van der Waals surface area contributed by atoms with Gasteiger partial charge in [0, 0.05) is 0 Å². The molecule has 1 aliphatic rings. The minimum absolute atomic E-state index is 0.203. The lowest BCUT2D eigenvalue weighted by Crippen LogP contribution is -2.31. The molecular formula is C12H15NO4. The van der Waals surface area contributed by atoms with E-state index in [2.05, 4.69) is 0 Å². The van der Waals surface area contributed by atoms with Crippen molar-refractivity contribution in [3.63, 3.8) is 0 Å². The summed E-state index contributed by atoms with van der Waals surface area (Å²) in [6.45, 7) is 0.985. The van der Waals surface area contributed by atoms with Gasteiger partial charge in [0.05, 0.1) is 19.8 Å². The first kappa shape index (κ1) is 12.0. The summed E-state index contributed by atoms with van der Waals surface area (Å²) in [5.41, 5.74) is 6.18. The molecule has 2 atom stereocenters. The van der Waals surface area contributed by atoms with E-state index in [1.165, 1.54) is 0 Å². The van der Waals surface area contributed by atoms with Gasteiger partial charge in [-0.3, -0.25) is 4.79 Å². The summed E-state index contributed by atoms with van der Waals surface area (Å²) in [7, 11) is 0. The molecule has 1 saturated heterocycles. The molecule has 1 aliphatic heterocycles. The molecule has 2 N–H and O–H groups in total. The predicted molar refractivity (Wildman–Crippen MR) is 59.9 cm³/mol. The van der Waals surface area contributed by atoms with Crippen LogP contribution in [0, 0.1) is 0 Å². The Labute approximate surface area is 99.5 Å². The van der Waals surface area contributed by atoms with Crippen molar-refractivity contribution in [2.24, 2.45) is 5.73 Å². The van der Waals surface area contributed by atoms with Gasteiger partial charge in [0.25, 0.3) is 0 Å². The molecule has 1 heterocycles. The molecule has 5 heteroatoms. The van der Waals surface area contributed by atoms with E-state index in [0.29, 0.717) is 13.2 Å². The van der Waals surface area contributed by atoms with Gasteiger partial charge >= 0.3 is 0 Å². The van der Waals surface area contributed by atoms with E-state index in [-0.39, 0.29) is 6.61 Å². The van der Waals surface area contributed by atoms with Crippen molar-refractivity contribution in [1.82, 2.24) is 0 Å². The van der Waals surface area contributed by atoms with Crippen molar-refractivity contribution in [2.75, 3.05) is 13.2 Å². The van der Waals surface area contributed by atoms with Crippen LogP contribution in [0.5, 0.6) is 0 Å². The fraction of sp³-hybridized carbons (Fsp3) is 0.417. The number of benzene rings is 1. The van der Waals surface area contributed by atoms with E-state index < -0.39 is 18.3 Å². The molecule has 1 aromatic rings.